The largest absolute Gasteiger partial charge is 0.369 e. The summed E-state index contributed by atoms with van der Waals surface area (Å²) in [5.41, 5.74) is 0.250. The van der Waals surface area contributed by atoms with E-state index in [2.05, 4.69) is 33.9 Å². The minimum Gasteiger partial charge on any atom is -0.369 e. The lowest BCUT2D eigenvalue weighted by Gasteiger charge is -2.35. The van der Waals surface area contributed by atoms with E-state index in [0.717, 1.165) is 32.7 Å². The van der Waals surface area contributed by atoms with Crippen LogP contribution in [0.2, 0.25) is 0 Å². The number of likely N-dealkylation sites (N-methyl/N-ethyl adjacent to an activating group) is 2. The second-order valence-corrected chi connectivity index (χ2v) is 6.50. The lowest BCUT2D eigenvalue weighted by atomic mass is 10.2. The Morgan fingerprint density at radius 1 is 1.04 bits per heavy atom. The van der Waals surface area contributed by atoms with Crippen molar-refractivity contribution in [1.29, 1.82) is 0 Å². The van der Waals surface area contributed by atoms with Gasteiger partial charge in [-0.05, 0) is 19.2 Å². The van der Waals surface area contributed by atoms with Gasteiger partial charge in [-0.3, -0.25) is 10.1 Å². The number of hydrogen-bond acceptors (Lipinski definition) is 6. The maximum absolute atomic E-state index is 13.5. The Morgan fingerprint density at radius 2 is 1.62 bits per heavy atom. The quantitative estimate of drug-likeness (QED) is 0.647. The first-order chi connectivity index (χ1) is 12.5. The van der Waals surface area contributed by atoms with E-state index in [1.807, 2.05) is 0 Å². The molecule has 2 fully saturated rings. The molecule has 0 aromatic heterocycles. The molecule has 3 rings (SSSR count). The van der Waals surface area contributed by atoms with Crippen molar-refractivity contribution in [2.24, 2.45) is 0 Å². The van der Waals surface area contributed by atoms with E-state index in [9.17, 15) is 14.5 Å². The van der Waals surface area contributed by atoms with Crippen molar-refractivity contribution >= 4 is 11.4 Å². The summed E-state index contributed by atoms with van der Waals surface area (Å²) < 4.78 is 13.5. The molecule has 2 heterocycles. The van der Waals surface area contributed by atoms with Crippen LogP contribution < -0.4 is 10.2 Å². The fourth-order valence-electron chi connectivity index (χ4n) is 3.19. The van der Waals surface area contributed by atoms with Gasteiger partial charge in [0.1, 0.15) is 0 Å². The highest BCUT2D eigenvalue weighted by molar-refractivity contribution is 5.52. The third-order valence-electron chi connectivity index (χ3n) is 4.97. The molecule has 2 saturated heterocycles. The number of rotatable bonds is 4. The number of nitro groups is 1. The molecular formula is C18H30FN5O2. The van der Waals surface area contributed by atoms with Crippen LogP contribution in [-0.2, 0) is 0 Å². The van der Waals surface area contributed by atoms with Crippen LogP contribution in [0.3, 0.4) is 0 Å². The molecule has 0 bridgehead atoms. The van der Waals surface area contributed by atoms with Crippen molar-refractivity contribution in [3.63, 3.8) is 0 Å². The molecule has 1 N–H and O–H groups in total. The fourth-order valence-corrected chi connectivity index (χ4v) is 3.19. The topological polar surface area (TPSA) is 64.9 Å². The van der Waals surface area contributed by atoms with E-state index in [1.54, 1.807) is 6.07 Å². The van der Waals surface area contributed by atoms with Gasteiger partial charge in [-0.15, -0.1) is 0 Å². The zero-order valence-electron chi connectivity index (χ0n) is 15.8. The van der Waals surface area contributed by atoms with Crippen molar-refractivity contribution in [2.45, 2.75) is 13.8 Å². The molecule has 7 nitrogen and oxygen atoms in total. The monoisotopic (exact) mass is 367 g/mol. The molecule has 0 atom stereocenters. The van der Waals surface area contributed by atoms with Crippen molar-refractivity contribution in [2.75, 3.05) is 70.3 Å². The van der Waals surface area contributed by atoms with Crippen LogP contribution in [-0.4, -0.2) is 80.2 Å². The third kappa shape index (κ3) is 5.89. The molecule has 0 unspecified atom stereocenters. The van der Waals surface area contributed by atoms with Crippen molar-refractivity contribution < 1.29 is 9.31 Å². The number of halogens is 1. The molecule has 0 saturated carbocycles. The van der Waals surface area contributed by atoms with Gasteiger partial charge in [0.15, 0.2) is 0 Å². The van der Waals surface area contributed by atoms with Gasteiger partial charge in [-0.2, -0.15) is 4.39 Å². The average Bonchev–Trinajstić information content (AvgIpc) is 2.69. The van der Waals surface area contributed by atoms with Gasteiger partial charge in [0.05, 0.1) is 4.92 Å². The van der Waals surface area contributed by atoms with Gasteiger partial charge in [0.2, 0.25) is 5.82 Å². The first-order valence-corrected chi connectivity index (χ1v) is 9.39. The Kier molecular flexibility index (Phi) is 8.21. The SMILES string of the molecule is CCN1CCN(c2ccc([N+](=O)[O-])c(F)c2)CC1.CCN1CCNCC1. The van der Waals surface area contributed by atoms with E-state index in [4.69, 9.17) is 0 Å². The van der Waals surface area contributed by atoms with Gasteiger partial charge < -0.3 is 20.0 Å². The van der Waals surface area contributed by atoms with Crippen molar-refractivity contribution in [1.82, 2.24) is 15.1 Å². The Labute approximate surface area is 154 Å². The first-order valence-electron chi connectivity index (χ1n) is 9.39. The molecule has 2 aliphatic heterocycles. The van der Waals surface area contributed by atoms with Gasteiger partial charge in [0, 0.05) is 70.2 Å². The van der Waals surface area contributed by atoms with Crippen LogP contribution in [0.15, 0.2) is 18.2 Å². The Bertz CT molecular complexity index is 573. The number of nitrogens with zero attached hydrogens (tertiary/aromatic N) is 4. The molecule has 0 spiro atoms. The van der Waals surface area contributed by atoms with Crippen LogP contribution in [0.25, 0.3) is 0 Å². The standard InChI is InChI=1S/C12H16FN3O2.C6H14N2/c1-2-14-5-7-15(8-6-14)10-3-4-12(16(17)18)11(13)9-10;1-2-8-5-3-7-4-6-8/h3-4,9H,2,5-8H2,1H3;7H,2-6H2,1H3. The number of nitro benzene ring substituents is 1. The Morgan fingerprint density at radius 3 is 2.08 bits per heavy atom. The Hall–Kier alpha value is -1.77. The average molecular weight is 367 g/mol. The van der Waals surface area contributed by atoms with Crippen LogP contribution in [0.5, 0.6) is 0 Å². The molecule has 8 heteroatoms. The maximum atomic E-state index is 13.5. The fraction of sp³-hybridized carbons (Fsp3) is 0.667. The summed E-state index contributed by atoms with van der Waals surface area (Å²) in [6, 6.07) is 4.10. The lowest BCUT2D eigenvalue weighted by molar-refractivity contribution is -0.387. The van der Waals surface area contributed by atoms with Gasteiger partial charge in [-0.1, -0.05) is 13.8 Å². The molecule has 26 heavy (non-hydrogen) atoms. The van der Waals surface area contributed by atoms with Gasteiger partial charge >= 0.3 is 5.69 Å². The maximum Gasteiger partial charge on any atom is 0.304 e. The smallest absolute Gasteiger partial charge is 0.304 e. The summed E-state index contributed by atoms with van der Waals surface area (Å²) in [7, 11) is 0. The van der Waals surface area contributed by atoms with Gasteiger partial charge in [-0.25, -0.2) is 0 Å². The minimum absolute atomic E-state index is 0.467. The molecular weight excluding hydrogens is 337 g/mol. The van der Waals surface area contributed by atoms with Crippen LogP contribution in [0.1, 0.15) is 13.8 Å². The normalized spacial score (nSPS) is 19.0. The first kappa shape index (κ1) is 20.5. The molecule has 0 radical (unpaired) electrons. The van der Waals surface area contributed by atoms with Crippen LogP contribution in [0, 0.1) is 15.9 Å². The zero-order valence-corrected chi connectivity index (χ0v) is 15.8. The lowest BCUT2D eigenvalue weighted by Crippen LogP contribution is -2.46. The van der Waals surface area contributed by atoms with Crippen LogP contribution >= 0.6 is 0 Å². The highest BCUT2D eigenvalue weighted by atomic mass is 19.1. The van der Waals surface area contributed by atoms with E-state index in [0.29, 0.717) is 5.69 Å². The number of nitrogens with one attached hydrogen (secondary N) is 1. The summed E-state index contributed by atoms with van der Waals surface area (Å²) in [5, 5.41) is 13.8. The van der Waals surface area contributed by atoms with E-state index in [1.165, 1.54) is 44.9 Å². The number of hydrogen-bond donors (Lipinski definition) is 1. The van der Waals surface area contributed by atoms with E-state index in [-0.39, 0.29) is 0 Å². The third-order valence-corrected chi connectivity index (χ3v) is 4.97. The predicted octanol–water partition coefficient (Wildman–Crippen LogP) is 1.79. The summed E-state index contributed by atoms with van der Waals surface area (Å²) in [4.78, 5) is 16.7. The highest BCUT2D eigenvalue weighted by Gasteiger charge is 2.19. The number of anilines is 1. The Balaban J connectivity index is 0.000000254. The summed E-state index contributed by atoms with van der Waals surface area (Å²) in [5.74, 6) is -0.768. The summed E-state index contributed by atoms with van der Waals surface area (Å²) in [6.45, 7) is 14.9. The van der Waals surface area contributed by atoms with E-state index < -0.39 is 16.4 Å². The van der Waals surface area contributed by atoms with Crippen molar-refractivity contribution in [3.8, 4) is 0 Å². The minimum atomic E-state index is -0.768. The molecule has 1 aromatic rings. The second-order valence-electron chi connectivity index (χ2n) is 6.50. The predicted molar refractivity (Wildman–Crippen MR) is 102 cm³/mol. The zero-order chi connectivity index (χ0) is 18.9. The van der Waals surface area contributed by atoms with Gasteiger partial charge in [0.25, 0.3) is 0 Å². The molecule has 0 aliphatic carbocycles. The molecule has 1 aromatic carbocycles. The van der Waals surface area contributed by atoms with Crippen LogP contribution in [0.4, 0.5) is 15.8 Å². The second kappa shape index (κ2) is 10.4. The van der Waals surface area contributed by atoms with Crippen molar-refractivity contribution in [3.05, 3.63) is 34.1 Å². The molecule has 146 valence electrons. The molecule has 0 amide bonds. The summed E-state index contributed by atoms with van der Waals surface area (Å²) >= 11 is 0. The number of benzene rings is 1. The summed E-state index contributed by atoms with van der Waals surface area (Å²) in [6.07, 6.45) is 0. The van der Waals surface area contributed by atoms with E-state index >= 15 is 0 Å². The highest BCUT2D eigenvalue weighted by Crippen LogP contribution is 2.24. The number of piperazine rings is 2. The molecule has 2 aliphatic rings.